The zero-order valence-electron chi connectivity index (χ0n) is 20.9. The molecule has 1 amide bonds. The number of anilines is 2. The molecule has 10 heteroatoms. The quantitative estimate of drug-likeness (QED) is 0.581. The van der Waals surface area contributed by atoms with Gasteiger partial charge in [0.2, 0.25) is 11.9 Å². The van der Waals surface area contributed by atoms with Crippen LogP contribution in [0.3, 0.4) is 0 Å². The summed E-state index contributed by atoms with van der Waals surface area (Å²) in [5, 5.41) is 3.99. The van der Waals surface area contributed by atoms with Crippen molar-refractivity contribution in [1.29, 1.82) is 0 Å². The van der Waals surface area contributed by atoms with E-state index in [1.54, 1.807) is 6.20 Å². The van der Waals surface area contributed by atoms with Crippen molar-refractivity contribution in [3.63, 3.8) is 0 Å². The molecule has 2 unspecified atom stereocenters. The van der Waals surface area contributed by atoms with Gasteiger partial charge in [0.25, 0.3) is 0 Å². The van der Waals surface area contributed by atoms with Gasteiger partial charge >= 0.3 is 0 Å². The number of aromatic nitrogens is 4. The van der Waals surface area contributed by atoms with Crippen molar-refractivity contribution in [3.8, 4) is 0 Å². The minimum Gasteiger partial charge on any atom is -0.353 e. The molecule has 2 saturated heterocycles. The Morgan fingerprint density at radius 1 is 1.20 bits per heavy atom. The summed E-state index contributed by atoms with van der Waals surface area (Å²) in [6.45, 7) is 11.4. The van der Waals surface area contributed by atoms with Crippen molar-refractivity contribution in [1.82, 2.24) is 29.6 Å². The van der Waals surface area contributed by atoms with Gasteiger partial charge in [0.15, 0.2) is 5.82 Å². The van der Waals surface area contributed by atoms with Gasteiger partial charge in [0, 0.05) is 51.5 Å². The van der Waals surface area contributed by atoms with Crippen molar-refractivity contribution in [3.05, 3.63) is 47.5 Å². The second-order valence-electron chi connectivity index (χ2n) is 10.1. The summed E-state index contributed by atoms with van der Waals surface area (Å²) >= 11 is 6.49. The van der Waals surface area contributed by atoms with E-state index in [9.17, 15) is 4.79 Å². The van der Waals surface area contributed by atoms with Crippen LogP contribution in [-0.4, -0.2) is 75.5 Å². The molecule has 3 aromatic heterocycles. The number of halogens is 1. The lowest BCUT2D eigenvalue weighted by Crippen LogP contribution is -2.57. The minimum atomic E-state index is -0.521. The van der Waals surface area contributed by atoms with Crippen LogP contribution in [0.15, 0.2) is 36.8 Å². The van der Waals surface area contributed by atoms with E-state index in [-0.39, 0.29) is 17.9 Å². The Morgan fingerprint density at radius 2 is 1.97 bits per heavy atom. The lowest BCUT2D eigenvalue weighted by Gasteiger charge is -2.44. The second-order valence-corrected chi connectivity index (χ2v) is 10.6. The number of hydrogen-bond donors (Lipinski definition) is 1. The molecule has 35 heavy (non-hydrogen) atoms. The van der Waals surface area contributed by atoms with E-state index in [0.29, 0.717) is 35.9 Å². The highest BCUT2D eigenvalue weighted by molar-refractivity contribution is 6.32. The topological polar surface area (TPSA) is 81.9 Å². The Labute approximate surface area is 211 Å². The number of rotatable bonds is 5. The van der Waals surface area contributed by atoms with Crippen LogP contribution in [0.2, 0.25) is 5.02 Å². The number of carbonyl (C=O) groups is 1. The summed E-state index contributed by atoms with van der Waals surface area (Å²) in [4.78, 5) is 33.4. The SMILES string of the molecule is CC1NCCN(c2ncc(Cl)c(N3CC(C(=O)N(C)C(C)(C)c4cnc5ccccn45)C3)n2)C1C. The van der Waals surface area contributed by atoms with Crippen LogP contribution in [-0.2, 0) is 10.3 Å². The van der Waals surface area contributed by atoms with Crippen LogP contribution in [0.25, 0.3) is 5.65 Å². The lowest BCUT2D eigenvalue weighted by atomic mass is 9.93. The van der Waals surface area contributed by atoms with Gasteiger partial charge < -0.3 is 24.4 Å². The molecule has 0 radical (unpaired) electrons. The molecule has 2 atom stereocenters. The number of pyridine rings is 1. The number of fused-ring (bicyclic) bond motifs is 1. The normalized spacial score (nSPS) is 21.3. The first kappa shape index (κ1) is 23.8. The molecule has 0 saturated carbocycles. The molecule has 0 bridgehead atoms. The monoisotopic (exact) mass is 496 g/mol. The summed E-state index contributed by atoms with van der Waals surface area (Å²) in [5.41, 5.74) is 1.32. The summed E-state index contributed by atoms with van der Waals surface area (Å²) in [5.74, 6) is 1.37. The molecular weight excluding hydrogens is 464 g/mol. The number of carbonyl (C=O) groups excluding carboxylic acids is 1. The highest BCUT2D eigenvalue weighted by Gasteiger charge is 2.41. The maximum absolute atomic E-state index is 13.4. The zero-order chi connectivity index (χ0) is 24.9. The third kappa shape index (κ3) is 4.10. The van der Waals surface area contributed by atoms with E-state index >= 15 is 0 Å². The molecule has 0 spiro atoms. The fraction of sp³-hybridized carbons (Fsp3) is 0.520. The molecule has 186 valence electrons. The molecule has 2 fully saturated rings. The van der Waals surface area contributed by atoms with E-state index < -0.39 is 5.54 Å². The summed E-state index contributed by atoms with van der Waals surface area (Å²) in [7, 11) is 1.87. The van der Waals surface area contributed by atoms with Crippen LogP contribution >= 0.6 is 11.6 Å². The van der Waals surface area contributed by atoms with Crippen LogP contribution in [0.5, 0.6) is 0 Å². The number of imidazole rings is 1. The average Bonchev–Trinajstić information content (AvgIpc) is 3.25. The van der Waals surface area contributed by atoms with Crippen molar-refractivity contribution in [2.75, 3.05) is 43.0 Å². The summed E-state index contributed by atoms with van der Waals surface area (Å²) in [6.07, 6.45) is 5.51. The van der Waals surface area contributed by atoms with Crippen LogP contribution in [0.4, 0.5) is 11.8 Å². The van der Waals surface area contributed by atoms with E-state index in [4.69, 9.17) is 16.6 Å². The largest absolute Gasteiger partial charge is 0.353 e. The van der Waals surface area contributed by atoms with Gasteiger partial charge in [-0.05, 0) is 39.8 Å². The van der Waals surface area contributed by atoms with Crippen LogP contribution < -0.4 is 15.1 Å². The van der Waals surface area contributed by atoms with E-state index in [0.717, 1.165) is 24.4 Å². The maximum atomic E-state index is 13.4. The minimum absolute atomic E-state index is 0.104. The van der Waals surface area contributed by atoms with E-state index in [1.807, 2.05) is 46.9 Å². The molecule has 2 aliphatic heterocycles. The predicted octanol–water partition coefficient (Wildman–Crippen LogP) is 2.79. The number of piperazine rings is 1. The second kappa shape index (κ2) is 8.95. The first-order valence-electron chi connectivity index (χ1n) is 12.2. The molecule has 0 aromatic carbocycles. The van der Waals surface area contributed by atoms with Gasteiger partial charge in [0.1, 0.15) is 10.7 Å². The Kier molecular flexibility index (Phi) is 6.09. The van der Waals surface area contributed by atoms with Crippen LogP contribution in [0.1, 0.15) is 33.4 Å². The van der Waals surface area contributed by atoms with Gasteiger partial charge in [-0.2, -0.15) is 4.98 Å². The van der Waals surface area contributed by atoms with Gasteiger partial charge in [0.05, 0.1) is 29.5 Å². The van der Waals surface area contributed by atoms with Crippen molar-refractivity contribution in [2.45, 2.75) is 45.3 Å². The smallest absolute Gasteiger partial charge is 0.229 e. The predicted molar refractivity (Wildman–Crippen MR) is 138 cm³/mol. The first-order chi connectivity index (χ1) is 16.7. The van der Waals surface area contributed by atoms with Crippen molar-refractivity contribution in [2.24, 2.45) is 5.92 Å². The number of nitrogens with one attached hydrogen (secondary N) is 1. The standard InChI is InChI=1S/C25H33ClN8O/c1-16-17(2)33(11-9-27-16)24-29-12-19(26)22(30-24)32-14-18(15-32)23(35)31(5)25(3,4)20-13-28-21-8-6-7-10-34(20)21/h6-8,10,12-13,16-18,27H,9,11,14-15H2,1-5H3. The van der Waals surface area contributed by atoms with Gasteiger partial charge in [-0.25, -0.2) is 9.97 Å². The van der Waals surface area contributed by atoms with Crippen molar-refractivity contribution < 1.29 is 4.79 Å². The molecule has 1 N–H and O–H groups in total. The Hall–Kier alpha value is -2.91. The zero-order valence-corrected chi connectivity index (χ0v) is 21.7. The number of nitrogens with zero attached hydrogens (tertiary/aromatic N) is 7. The Balaban J connectivity index is 1.29. The molecule has 3 aromatic rings. The first-order valence-corrected chi connectivity index (χ1v) is 12.5. The Bertz CT molecular complexity index is 1240. The van der Waals surface area contributed by atoms with Gasteiger partial charge in [-0.1, -0.05) is 17.7 Å². The highest BCUT2D eigenvalue weighted by Crippen LogP contribution is 2.34. The third-order valence-electron chi connectivity index (χ3n) is 7.75. The number of amides is 1. The molecular formula is C25H33ClN8O. The fourth-order valence-corrected chi connectivity index (χ4v) is 5.17. The molecule has 5 rings (SSSR count). The molecule has 0 aliphatic carbocycles. The van der Waals surface area contributed by atoms with Gasteiger partial charge in [-0.15, -0.1) is 0 Å². The van der Waals surface area contributed by atoms with Crippen LogP contribution in [0, 0.1) is 5.92 Å². The molecule has 2 aliphatic rings. The van der Waals surface area contributed by atoms with Crippen molar-refractivity contribution >= 4 is 34.9 Å². The summed E-state index contributed by atoms with van der Waals surface area (Å²) in [6, 6.07) is 6.53. The van der Waals surface area contributed by atoms with E-state index in [2.05, 4.69) is 52.8 Å². The molecule has 9 nitrogen and oxygen atoms in total. The third-order valence-corrected chi connectivity index (χ3v) is 8.01. The maximum Gasteiger partial charge on any atom is 0.229 e. The van der Waals surface area contributed by atoms with Gasteiger partial charge in [-0.3, -0.25) is 4.79 Å². The number of hydrogen-bond acceptors (Lipinski definition) is 7. The van der Waals surface area contributed by atoms with E-state index in [1.165, 1.54) is 0 Å². The average molecular weight is 497 g/mol. The Morgan fingerprint density at radius 3 is 2.74 bits per heavy atom. The highest BCUT2D eigenvalue weighted by atomic mass is 35.5. The summed E-state index contributed by atoms with van der Waals surface area (Å²) < 4.78 is 2.04. The molecule has 5 heterocycles. The fourth-order valence-electron chi connectivity index (χ4n) is 4.96. The lowest BCUT2D eigenvalue weighted by molar-refractivity contribution is -0.140.